The van der Waals surface area contributed by atoms with E-state index in [1.807, 2.05) is 24.0 Å². The molecule has 0 N–H and O–H groups in total. The number of ether oxygens (including phenoxy) is 2. The summed E-state index contributed by atoms with van der Waals surface area (Å²) >= 11 is 0. The van der Waals surface area contributed by atoms with Gasteiger partial charge in [-0.2, -0.15) is 0 Å². The predicted octanol–water partition coefficient (Wildman–Crippen LogP) is 2.00. The molecule has 0 unspecified atom stereocenters. The second-order valence-corrected chi connectivity index (χ2v) is 8.35. The molecule has 3 saturated heterocycles. The van der Waals surface area contributed by atoms with Gasteiger partial charge in [0.15, 0.2) is 0 Å². The molecule has 29 heavy (non-hydrogen) atoms. The molecule has 2 bridgehead atoms. The van der Waals surface area contributed by atoms with Crippen LogP contribution in [0.1, 0.15) is 19.8 Å². The van der Waals surface area contributed by atoms with Crippen LogP contribution in [0.3, 0.4) is 0 Å². The van der Waals surface area contributed by atoms with Gasteiger partial charge in [-0.05, 0) is 19.1 Å². The lowest BCUT2D eigenvalue weighted by Crippen LogP contribution is -2.49. The van der Waals surface area contributed by atoms with Crippen LogP contribution in [0, 0.1) is 17.7 Å². The summed E-state index contributed by atoms with van der Waals surface area (Å²) in [6.45, 7) is 4.25. The van der Waals surface area contributed by atoms with E-state index < -0.39 is 17.4 Å². The van der Waals surface area contributed by atoms with Crippen molar-refractivity contribution in [1.82, 2.24) is 9.80 Å². The molecule has 0 saturated carbocycles. The van der Waals surface area contributed by atoms with E-state index in [1.54, 1.807) is 17.0 Å². The van der Waals surface area contributed by atoms with Crippen molar-refractivity contribution < 1.29 is 23.5 Å². The SMILES string of the molecule is CCN1C[C@@]23C=C[C@@H](O2)[C@@H](C(=O)N2CCC(Oc4cccc(F)c4)CC2)[C@H]3C1=O. The monoisotopic (exact) mass is 400 g/mol. The molecule has 5 rings (SSSR count). The van der Waals surface area contributed by atoms with Crippen LogP contribution in [-0.4, -0.2) is 65.6 Å². The summed E-state index contributed by atoms with van der Waals surface area (Å²) in [6.07, 6.45) is 4.94. The number of likely N-dealkylation sites (tertiary alicyclic amines) is 2. The number of carbonyl (C=O) groups excluding carboxylic acids is 2. The molecule has 0 aliphatic carbocycles. The Bertz CT molecular complexity index is 866. The smallest absolute Gasteiger partial charge is 0.230 e. The second-order valence-electron chi connectivity index (χ2n) is 8.35. The number of carbonyl (C=O) groups is 2. The normalized spacial score (nSPS) is 33.4. The van der Waals surface area contributed by atoms with Gasteiger partial charge < -0.3 is 19.3 Å². The zero-order valence-corrected chi connectivity index (χ0v) is 16.4. The molecule has 1 spiro atoms. The summed E-state index contributed by atoms with van der Waals surface area (Å²) in [5, 5.41) is 0. The Morgan fingerprint density at radius 3 is 2.86 bits per heavy atom. The quantitative estimate of drug-likeness (QED) is 0.726. The maximum atomic E-state index is 13.3. The Balaban J connectivity index is 1.24. The van der Waals surface area contributed by atoms with Gasteiger partial charge in [-0.25, -0.2) is 4.39 Å². The van der Waals surface area contributed by atoms with E-state index in [4.69, 9.17) is 9.47 Å². The minimum atomic E-state index is -0.628. The molecule has 2 amide bonds. The van der Waals surface area contributed by atoms with Crippen molar-refractivity contribution in [2.24, 2.45) is 11.8 Å². The number of fused-ring (bicyclic) bond motifs is 1. The average Bonchev–Trinajstić information content (AvgIpc) is 3.36. The number of halogens is 1. The Morgan fingerprint density at radius 1 is 1.34 bits per heavy atom. The Hall–Kier alpha value is -2.41. The van der Waals surface area contributed by atoms with Gasteiger partial charge in [0, 0.05) is 38.5 Å². The summed E-state index contributed by atoms with van der Waals surface area (Å²) in [5.41, 5.74) is -0.628. The zero-order chi connectivity index (χ0) is 20.2. The molecule has 1 aromatic carbocycles. The van der Waals surface area contributed by atoms with E-state index in [0.717, 1.165) is 0 Å². The van der Waals surface area contributed by atoms with Gasteiger partial charge in [-0.15, -0.1) is 0 Å². The number of rotatable bonds is 4. The third kappa shape index (κ3) is 2.94. The minimum absolute atomic E-state index is 0.00161. The van der Waals surface area contributed by atoms with Crippen LogP contribution in [0.4, 0.5) is 4.39 Å². The molecule has 154 valence electrons. The van der Waals surface area contributed by atoms with E-state index in [9.17, 15) is 14.0 Å². The molecular formula is C22H25FN2O4. The Labute approximate surface area is 169 Å². The third-order valence-corrected chi connectivity index (χ3v) is 6.70. The van der Waals surface area contributed by atoms with E-state index in [-0.39, 0.29) is 29.8 Å². The van der Waals surface area contributed by atoms with Crippen molar-refractivity contribution in [2.75, 3.05) is 26.2 Å². The van der Waals surface area contributed by atoms with Crippen LogP contribution in [0.2, 0.25) is 0 Å². The van der Waals surface area contributed by atoms with Gasteiger partial charge in [0.05, 0.1) is 24.5 Å². The van der Waals surface area contributed by atoms with Crippen molar-refractivity contribution in [2.45, 2.75) is 37.6 Å². The molecule has 6 nitrogen and oxygen atoms in total. The Kier molecular flexibility index (Phi) is 4.38. The minimum Gasteiger partial charge on any atom is -0.490 e. The summed E-state index contributed by atoms with van der Waals surface area (Å²) in [6, 6.07) is 6.13. The average molecular weight is 400 g/mol. The highest BCUT2D eigenvalue weighted by Crippen LogP contribution is 2.52. The topological polar surface area (TPSA) is 59.1 Å². The number of hydrogen-bond acceptors (Lipinski definition) is 4. The fourth-order valence-electron chi connectivity index (χ4n) is 5.27. The number of piperidine rings is 1. The standard InChI is InChI=1S/C22H25FN2O4/c1-2-24-13-22-9-6-17(29-22)18(19(22)21(24)27)20(26)25-10-7-15(8-11-25)28-16-5-3-4-14(23)12-16/h3-6,9,12,15,17-19H,2,7-8,10-11,13H2,1H3/t17-,18-,19+,22-/m1/s1. The lowest BCUT2D eigenvalue weighted by Gasteiger charge is -2.35. The number of amides is 2. The van der Waals surface area contributed by atoms with Gasteiger partial charge in [0.2, 0.25) is 11.8 Å². The van der Waals surface area contributed by atoms with E-state index >= 15 is 0 Å². The summed E-state index contributed by atoms with van der Waals surface area (Å²) in [4.78, 5) is 29.8. The van der Waals surface area contributed by atoms with Gasteiger partial charge in [-0.3, -0.25) is 9.59 Å². The molecule has 4 heterocycles. The van der Waals surface area contributed by atoms with Crippen LogP contribution >= 0.6 is 0 Å². The molecule has 0 radical (unpaired) electrons. The van der Waals surface area contributed by atoms with Crippen LogP contribution in [0.5, 0.6) is 5.75 Å². The van der Waals surface area contributed by atoms with Gasteiger partial charge >= 0.3 is 0 Å². The second kappa shape index (κ2) is 6.83. The van der Waals surface area contributed by atoms with Crippen LogP contribution in [0.25, 0.3) is 0 Å². The highest BCUT2D eigenvalue weighted by Gasteiger charge is 2.67. The molecule has 1 aromatic rings. The first-order chi connectivity index (χ1) is 14.0. The van der Waals surface area contributed by atoms with Crippen LogP contribution in [-0.2, 0) is 14.3 Å². The largest absolute Gasteiger partial charge is 0.490 e. The van der Waals surface area contributed by atoms with Gasteiger partial charge in [0.1, 0.15) is 23.3 Å². The van der Waals surface area contributed by atoms with E-state index in [1.165, 1.54) is 12.1 Å². The first-order valence-corrected chi connectivity index (χ1v) is 10.4. The summed E-state index contributed by atoms with van der Waals surface area (Å²) in [7, 11) is 0. The predicted molar refractivity (Wildman–Crippen MR) is 103 cm³/mol. The number of benzene rings is 1. The highest BCUT2D eigenvalue weighted by molar-refractivity contribution is 5.93. The van der Waals surface area contributed by atoms with Crippen molar-refractivity contribution in [3.05, 3.63) is 42.2 Å². The molecular weight excluding hydrogens is 375 g/mol. The number of hydrogen-bond donors (Lipinski definition) is 0. The van der Waals surface area contributed by atoms with Crippen LogP contribution < -0.4 is 4.74 Å². The van der Waals surface area contributed by atoms with Gasteiger partial charge in [0.25, 0.3) is 0 Å². The summed E-state index contributed by atoms with van der Waals surface area (Å²) in [5.74, 6) is -0.630. The lowest BCUT2D eigenvalue weighted by molar-refractivity contribution is -0.144. The van der Waals surface area contributed by atoms with Crippen LogP contribution in [0.15, 0.2) is 36.4 Å². The number of likely N-dealkylation sites (N-methyl/N-ethyl adjacent to an activating group) is 1. The van der Waals surface area contributed by atoms with Crippen molar-refractivity contribution >= 4 is 11.8 Å². The van der Waals surface area contributed by atoms with Crippen molar-refractivity contribution in [1.29, 1.82) is 0 Å². The first kappa shape index (κ1) is 18.6. The van der Waals surface area contributed by atoms with Gasteiger partial charge in [-0.1, -0.05) is 18.2 Å². The molecule has 7 heteroatoms. The van der Waals surface area contributed by atoms with E-state index in [0.29, 0.717) is 44.8 Å². The maximum Gasteiger partial charge on any atom is 0.230 e. The molecule has 4 aliphatic heterocycles. The Morgan fingerprint density at radius 2 is 2.14 bits per heavy atom. The molecule has 0 aromatic heterocycles. The first-order valence-electron chi connectivity index (χ1n) is 10.4. The molecule has 4 atom stereocenters. The van der Waals surface area contributed by atoms with E-state index in [2.05, 4.69) is 0 Å². The maximum absolute atomic E-state index is 13.3. The molecule has 4 aliphatic rings. The highest BCUT2D eigenvalue weighted by atomic mass is 19.1. The third-order valence-electron chi connectivity index (χ3n) is 6.70. The van der Waals surface area contributed by atoms with Crippen molar-refractivity contribution in [3.63, 3.8) is 0 Å². The fourth-order valence-corrected chi connectivity index (χ4v) is 5.27. The zero-order valence-electron chi connectivity index (χ0n) is 16.4. The van der Waals surface area contributed by atoms with Crippen molar-refractivity contribution in [3.8, 4) is 5.75 Å². The summed E-state index contributed by atoms with van der Waals surface area (Å²) < 4.78 is 25.4. The number of nitrogens with zero attached hydrogens (tertiary/aromatic N) is 2. The lowest BCUT2D eigenvalue weighted by atomic mass is 9.76. The molecule has 3 fully saturated rings. The fraction of sp³-hybridized carbons (Fsp3) is 0.545.